The van der Waals surface area contributed by atoms with Crippen molar-refractivity contribution in [2.45, 2.75) is 11.4 Å². The third kappa shape index (κ3) is 3.34. The Balaban J connectivity index is 2.32. The summed E-state index contributed by atoms with van der Waals surface area (Å²) in [4.78, 5) is 9.78. The van der Waals surface area contributed by atoms with Crippen molar-refractivity contribution < 1.29 is 13.3 Å². The number of nitro groups is 1. The molecule has 0 saturated heterocycles. The molecule has 0 saturated carbocycles. The smallest absolute Gasteiger partial charge is 0.291 e. The van der Waals surface area contributed by atoms with Crippen LogP contribution in [0.1, 0.15) is 5.56 Å². The van der Waals surface area contributed by atoms with Crippen LogP contribution in [0.2, 0.25) is 0 Å². The molecule has 0 aliphatic heterocycles. The van der Waals surface area contributed by atoms with Crippen molar-refractivity contribution in [3.63, 3.8) is 0 Å². The summed E-state index contributed by atoms with van der Waals surface area (Å²) in [5.74, 6) is 5.15. The lowest BCUT2D eigenvalue weighted by Gasteiger charge is -2.07. The van der Waals surface area contributed by atoms with Gasteiger partial charge >= 0.3 is 0 Å². The number of nitrogens with one attached hydrogen (secondary N) is 3. The monoisotopic (exact) mass is 312 g/mol. The van der Waals surface area contributed by atoms with Gasteiger partial charge in [-0.15, -0.1) is 0 Å². The van der Waals surface area contributed by atoms with Crippen LogP contribution in [0, 0.1) is 10.1 Å². The zero-order chi connectivity index (χ0) is 15.5. The van der Waals surface area contributed by atoms with Gasteiger partial charge < -0.3 is 5.43 Å². The number of benzene rings is 1. The number of aromatic nitrogens is 2. The number of rotatable bonds is 6. The van der Waals surface area contributed by atoms with E-state index in [1.807, 2.05) is 0 Å². The van der Waals surface area contributed by atoms with Gasteiger partial charge in [0.15, 0.2) is 4.90 Å². The Kier molecular flexibility index (Phi) is 4.16. The second kappa shape index (κ2) is 5.87. The van der Waals surface area contributed by atoms with Crippen molar-refractivity contribution in [1.29, 1.82) is 0 Å². The minimum absolute atomic E-state index is 0.0348. The Morgan fingerprint density at radius 2 is 2.19 bits per heavy atom. The van der Waals surface area contributed by atoms with Crippen molar-refractivity contribution in [3.8, 4) is 0 Å². The summed E-state index contributed by atoms with van der Waals surface area (Å²) in [5, 5.41) is 17.2. The first kappa shape index (κ1) is 14.9. The number of sulfonamides is 1. The quantitative estimate of drug-likeness (QED) is 0.334. The molecule has 21 heavy (non-hydrogen) atoms. The van der Waals surface area contributed by atoms with Crippen LogP contribution in [-0.4, -0.2) is 23.5 Å². The molecule has 0 aliphatic carbocycles. The van der Waals surface area contributed by atoms with Crippen molar-refractivity contribution in [2.24, 2.45) is 5.84 Å². The minimum atomic E-state index is -4.04. The number of hydrogen-bond acceptors (Lipinski definition) is 7. The van der Waals surface area contributed by atoms with Crippen molar-refractivity contribution in [3.05, 3.63) is 46.3 Å². The lowest BCUT2D eigenvalue weighted by molar-refractivity contribution is -0.387. The third-order valence-corrected chi connectivity index (χ3v) is 4.08. The summed E-state index contributed by atoms with van der Waals surface area (Å²) in [7, 11) is -4.04. The highest BCUT2D eigenvalue weighted by Crippen LogP contribution is 2.26. The molecule has 0 atom stereocenters. The molecule has 10 nitrogen and oxygen atoms in total. The van der Waals surface area contributed by atoms with E-state index in [-0.39, 0.29) is 12.2 Å². The number of nitrogens with two attached hydrogens (primary N) is 1. The van der Waals surface area contributed by atoms with Crippen LogP contribution in [0.25, 0.3) is 0 Å². The first-order valence-corrected chi connectivity index (χ1v) is 7.15. The number of anilines is 1. The van der Waals surface area contributed by atoms with Crippen LogP contribution < -0.4 is 16.0 Å². The van der Waals surface area contributed by atoms with Crippen LogP contribution in [0.15, 0.2) is 35.5 Å². The summed E-state index contributed by atoms with van der Waals surface area (Å²) < 4.78 is 26.6. The van der Waals surface area contributed by atoms with E-state index in [0.717, 1.165) is 12.1 Å². The molecular weight excluding hydrogens is 300 g/mol. The molecule has 11 heteroatoms. The molecule has 2 aromatic rings. The third-order valence-electron chi connectivity index (χ3n) is 2.63. The van der Waals surface area contributed by atoms with E-state index in [1.165, 1.54) is 18.5 Å². The Morgan fingerprint density at radius 3 is 2.76 bits per heavy atom. The van der Waals surface area contributed by atoms with E-state index in [0.29, 0.717) is 5.56 Å². The molecule has 0 spiro atoms. The molecule has 1 aromatic carbocycles. The van der Waals surface area contributed by atoms with Gasteiger partial charge in [-0.3, -0.25) is 21.1 Å². The normalized spacial score (nSPS) is 11.3. The van der Waals surface area contributed by atoms with Gasteiger partial charge in [-0.25, -0.2) is 13.1 Å². The maximum absolute atomic E-state index is 12.2. The first-order chi connectivity index (χ1) is 9.94. The van der Waals surface area contributed by atoms with Gasteiger partial charge in [0.25, 0.3) is 5.69 Å². The summed E-state index contributed by atoms with van der Waals surface area (Å²) in [6.07, 6.45) is 2.96. The molecule has 0 radical (unpaired) electrons. The van der Waals surface area contributed by atoms with Crippen LogP contribution in [0.3, 0.4) is 0 Å². The number of nitrogen functional groups attached to an aromatic ring is 1. The highest BCUT2D eigenvalue weighted by Gasteiger charge is 2.26. The van der Waals surface area contributed by atoms with Crippen molar-refractivity contribution >= 4 is 21.4 Å². The Hall–Kier alpha value is -2.50. The van der Waals surface area contributed by atoms with Crippen LogP contribution in [-0.2, 0) is 16.6 Å². The molecule has 0 fully saturated rings. The van der Waals surface area contributed by atoms with Gasteiger partial charge in [0.05, 0.1) is 16.8 Å². The maximum Gasteiger partial charge on any atom is 0.291 e. The predicted molar refractivity (Wildman–Crippen MR) is 73.5 cm³/mol. The summed E-state index contributed by atoms with van der Waals surface area (Å²) in [5.41, 5.74) is 2.49. The van der Waals surface area contributed by atoms with E-state index >= 15 is 0 Å². The Bertz CT molecular complexity index is 743. The highest BCUT2D eigenvalue weighted by atomic mass is 32.2. The molecular formula is C10H12N6O4S. The standard InChI is InChI=1S/C10H12N6O4S/c11-15-8-1-2-10(9(3-8)16(17)18)21(19,20)14-6-7-4-12-13-5-7/h1-5,14-15H,6,11H2,(H,12,13). The summed E-state index contributed by atoms with van der Waals surface area (Å²) >= 11 is 0. The summed E-state index contributed by atoms with van der Waals surface area (Å²) in [6.45, 7) is -0.0348. The van der Waals surface area contributed by atoms with Gasteiger partial charge in [-0.05, 0) is 12.1 Å². The zero-order valence-corrected chi connectivity index (χ0v) is 11.4. The van der Waals surface area contributed by atoms with E-state index < -0.39 is 25.5 Å². The van der Waals surface area contributed by atoms with Gasteiger partial charge in [-0.2, -0.15) is 5.10 Å². The Morgan fingerprint density at radius 1 is 1.43 bits per heavy atom. The number of nitro benzene ring substituents is 1. The van der Waals surface area contributed by atoms with E-state index in [9.17, 15) is 18.5 Å². The van der Waals surface area contributed by atoms with E-state index in [1.54, 1.807) is 0 Å². The molecule has 0 unspecified atom stereocenters. The number of hydrazine groups is 1. The van der Waals surface area contributed by atoms with Crippen LogP contribution in [0.4, 0.5) is 11.4 Å². The fraction of sp³-hybridized carbons (Fsp3) is 0.100. The highest BCUT2D eigenvalue weighted by molar-refractivity contribution is 7.89. The summed E-state index contributed by atoms with van der Waals surface area (Å²) in [6, 6.07) is 3.50. The van der Waals surface area contributed by atoms with Gasteiger partial charge in [-0.1, -0.05) is 0 Å². The topological polar surface area (TPSA) is 156 Å². The fourth-order valence-electron chi connectivity index (χ4n) is 1.61. The Labute approximate surface area is 119 Å². The van der Waals surface area contributed by atoms with Crippen LogP contribution in [0.5, 0.6) is 0 Å². The second-order valence-corrected chi connectivity index (χ2v) is 5.75. The molecule has 112 valence electrons. The van der Waals surface area contributed by atoms with Crippen molar-refractivity contribution in [1.82, 2.24) is 14.9 Å². The number of H-pyrrole nitrogens is 1. The first-order valence-electron chi connectivity index (χ1n) is 5.66. The molecule has 1 aromatic heterocycles. The second-order valence-electron chi connectivity index (χ2n) is 4.02. The van der Waals surface area contributed by atoms with Crippen LogP contribution >= 0.6 is 0 Å². The molecule has 5 N–H and O–H groups in total. The number of hydrogen-bond donors (Lipinski definition) is 4. The maximum atomic E-state index is 12.2. The molecule has 0 amide bonds. The zero-order valence-electron chi connectivity index (χ0n) is 10.6. The molecule has 2 rings (SSSR count). The fourth-order valence-corrected chi connectivity index (χ4v) is 2.78. The molecule has 1 heterocycles. The van der Waals surface area contributed by atoms with Gasteiger partial charge in [0, 0.05) is 24.4 Å². The lowest BCUT2D eigenvalue weighted by atomic mass is 10.3. The number of aromatic amines is 1. The predicted octanol–water partition coefficient (Wildman–Crippen LogP) is 0.0820. The van der Waals surface area contributed by atoms with Gasteiger partial charge in [0.1, 0.15) is 0 Å². The SMILES string of the molecule is NNc1ccc(S(=O)(=O)NCc2cn[nH]c2)c([N+](=O)[O-])c1. The van der Waals surface area contributed by atoms with E-state index in [4.69, 9.17) is 5.84 Å². The number of nitrogens with zero attached hydrogens (tertiary/aromatic N) is 2. The lowest BCUT2D eigenvalue weighted by Crippen LogP contribution is -2.24. The molecule has 0 bridgehead atoms. The van der Waals surface area contributed by atoms with E-state index in [2.05, 4.69) is 20.3 Å². The minimum Gasteiger partial charge on any atom is -0.324 e. The average molecular weight is 312 g/mol. The largest absolute Gasteiger partial charge is 0.324 e. The average Bonchev–Trinajstić information content (AvgIpc) is 2.98. The molecule has 0 aliphatic rings. The van der Waals surface area contributed by atoms with Crippen molar-refractivity contribution in [2.75, 3.05) is 5.43 Å². The van der Waals surface area contributed by atoms with Gasteiger partial charge in [0.2, 0.25) is 10.0 Å².